The maximum absolute atomic E-state index is 12.9. The molecule has 3 aliphatic rings. The first kappa shape index (κ1) is 17.8. The first-order valence-corrected chi connectivity index (χ1v) is 10.8. The number of rotatable bonds is 5. The topological polar surface area (TPSA) is 98.7 Å². The first-order chi connectivity index (χ1) is 14.7. The van der Waals surface area contributed by atoms with Crippen LogP contribution in [0.2, 0.25) is 0 Å². The lowest BCUT2D eigenvalue weighted by atomic mass is 9.97. The maximum Gasteiger partial charge on any atom is 0.289 e. The van der Waals surface area contributed by atoms with Gasteiger partial charge in [-0.3, -0.25) is 9.78 Å². The molecule has 1 unspecified atom stereocenters. The number of aryl methyl sites for hydroxylation is 2. The van der Waals surface area contributed by atoms with E-state index in [0.29, 0.717) is 23.6 Å². The molecule has 1 N–H and O–H groups in total. The molecule has 0 spiro atoms. The van der Waals surface area contributed by atoms with E-state index in [1.165, 1.54) is 12.8 Å². The van der Waals surface area contributed by atoms with Crippen molar-refractivity contribution in [3.05, 3.63) is 47.1 Å². The van der Waals surface area contributed by atoms with Crippen LogP contribution in [0.25, 0.3) is 11.5 Å². The van der Waals surface area contributed by atoms with Crippen LogP contribution < -0.4 is 5.32 Å². The Labute approximate surface area is 174 Å². The zero-order valence-electron chi connectivity index (χ0n) is 17.0. The molecule has 3 aliphatic carbocycles. The second kappa shape index (κ2) is 6.75. The van der Waals surface area contributed by atoms with Gasteiger partial charge >= 0.3 is 0 Å². The van der Waals surface area contributed by atoms with Gasteiger partial charge in [0, 0.05) is 42.8 Å². The van der Waals surface area contributed by atoms with Crippen LogP contribution in [-0.2, 0) is 13.5 Å². The van der Waals surface area contributed by atoms with Crippen molar-refractivity contribution in [3.8, 4) is 11.5 Å². The van der Waals surface area contributed by atoms with Crippen LogP contribution in [0.1, 0.15) is 90.0 Å². The van der Waals surface area contributed by atoms with Crippen molar-refractivity contribution in [1.82, 2.24) is 30.0 Å². The molecule has 0 saturated heterocycles. The highest BCUT2D eigenvalue weighted by Crippen LogP contribution is 2.40. The van der Waals surface area contributed by atoms with Gasteiger partial charge in [-0.15, -0.1) is 0 Å². The maximum atomic E-state index is 12.9. The molecule has 2 fully saturated rings. The third-order valence-corrected chi connectivity index (χ3v) is 6.21. The van der Waals surface area contributed by atoms with E-state index in [9.17, 15) is 4.79 Å². The van der Waals surface area contributed by atoms with Crippen molar-refractivity contribution in [1.29, 1.82) is 0 Å². The number of hydrogen-bond donors (Lipinski definition) is 1. The molecule has 0 aromatic carbocycles. The third-order valence-electron chi connectivity index (χ3n) is 6.21. The van der Waals surface area contributed by atoms with Crippen LogP contribution in [-0.4, -0.2) is 30.6 Å². The van der Waals surface area contributed by atoms with Gasteiger partial charge in [0.2, 0.25) is 11.7 Å². The fraction of sp³-hybridized carbons (Fsp3) is 0.500. The second-order valence-electron chi connectivity index (χ2n) is 8.68. The predicted molar refractivity (Wildman–Crippen MR) is 108 cm³/mol. The largest absolute Gasteiger partial charge is 0.441 e. The molecule has 1 amide bonds. The van der Waals surface area contributed by atoms with Gasteiger partial charge in [-0.25, -0.2) is 14.6 Å². The van der Waals surface area contributed by atoms with E-state index < -0.39 is 0 Å². The minimum absolute atomic E-state index is 0.176. The van der Waals surface area contributed by atoms with Crippen LogP contribution in [0.3, 0.4) is 0 Å². The van der Waals surface area contributed by atoms with Crippen molar-refractivity contribution in [2.24, 2.45) is 7.05 Å². The molecular weight excluding hydrogens is 380 g/mol. The molecular formula is C22H24N6O2. The minimum atomic E-state index is -0.209. The number of oxazole rings is 1. The van der Waals surface area contributed by atoms with Gasteiger partial charge in [0.25, 0.3) is 5.91 Å². The zero-order chi connectivity index (χ0) is 20.2. The molecule has 6 rings (SSSR count). The summed E-state index contributed by atoms with van der Waals surface area (Å²) in [6.07, 6.45) is 9.08. The summed E-state index contributed by atoms with van der Waals surface area (Å²) in [5.41, 5.74) is 2.90. The number of carbonyl (C=O) groups excluding carboxylic acids is 1. The molecule has 30 heavy (non-hydrogen) atoms. The minimum Gasteiger partial charge on any atom is -0.441 e. The average Bonchev–Trinajstić information content (AvgIpc) is 3.68. The Bertz CT molecular complexity index is 1120. The second-order valence-corrected chi connectivity index (χ2v) is 8.68. The average molecular weight is 404 g/mol. The van der Waals surface area contributed by atoms with E-state index in [1.54, 1.807) is 11.7 Å². The van der Waals surface area contributed by atoms with Gasteiger partial charge in [-0.05, 0) is 50.7 Å². The fourth-order valence-corrected chi connectivity index (χ4v) is 4.21. The monoisotopic (exact) mass is 404 g/mol. The molecule has 2 saturated carbocycles. The number of pyridine rings is 1. The van der Waals surface area contributed by atoms with Crippen molar-refractivity contribution in [2.75, 3.05) is 0 Å². The first-order valence-electron chi connectivity index (χ1n) is 10.8. The Hall–Kier alpha value is -3.03. The number of hydrogen-bond acceptors (Lipinski definition) is 6. The molecule has 3 aromatic rings. The normalized spacial score (nSPS) is 20.8. The van der Waals surface area contributed by atoms with Gasteiger partial charge in [-0.1, -0.05) is 0 Å². The predicted octanol–water partition coefficient (Wildman–Crippen LogP) is 3.43. The quantitative estimate of drug-likeness (QED) is 0.699. The standard InChI is InChI=1S/C22H24N6O2/c1-28-20(26-19(27-28)13-7-8-13)21(29)24-15-3-2-4-17-18(15)25-22(30-17)14-9-10-23-16(11-14)12-5-6-12/h9-13,15H,2-8H2,1H3,(H,24,29). The van der Waals surface area contributed by atoms with Gasteiger partial charge in [-0.2, -0.15) is 5.10 Å². The highest BCUT2D eigenvalue weighted by atomic mass is 16.4. The van der Waals surface area contributed by atoms with E-state index in [4.69, 9.17) is 9.40 Å². The smallest absolute Gasteiger partial charge is 0.289 e. The van der Waals surface area contributed by atoms with Crippen LogP contribution in [0, 0.1) is 0 Å². The molecule has 154 valence electrons. The Kier molecular flexibility index (Phi) is 4.01. The molecule has 8 nitrogen and oxygen atoms in total. The molecule has 0 bridgehead atoms. The van der Waals surface area contributed by atoms with E-state index in [0.717, 1.165) is 60.6 Å². The summed E-state index contributed by atoms with van der Waals surface area (Å²) >= 11 is 0. The Morgan fingerprint density at radius 1 is 1.17 bits per heavy atom. The van der Waals surface area contributed by atoms with Crippen molar-refractivity contribution in [3.63, 3.8) is 0 Å². The van der Waals surface area contributed by atoms with Gasteiger partial charge in [0.05, 0.1) is 6.04 Å². The summed E-state index contributed by atoms with van der Waals surface area (Å²) in [5.74, 6) is 3.39. The van der Waals surface area contributed by atoms with Crippen LogP contribution >= 0.6 is 0 Å². The number of fused-ring (bicyclic) bond motifs is 1. The summed E-state index contributed by atoms with van der Waals surface area (Å²) in [7, 11) is 1.77. The fourth-order valence-electron chi connectivity index (χ4n) is 4.21. The van der Waals surface area contributed by atoms with Gasteiger partial charge in [0.15, 0.2) is 5.82 Å². The van der Waals surface area contributed by atoms with Crippen molar-refractivity contribution in [2.45, 2.75) is 62.8 Å². The Morgan fingerprint density at radius 2 is 2.00 bits per heavy atom. The SMILES string of the molecule is Cn1nc(C2CC2)nc1C(=O)NC1CCCc2oc(-c3ccnc(C4CC4)c3)nc21. The van der Waals surface area contributed by atoms with E-state index in [2.05, 4.69) is 26.4 Å². The molecule has 3 aromatic heterocycles. The Morgan fingerprint density at radius 3 is 2.80 bits per heavy atom. The highest BCUT2D eigenvalue weighted by molar-refractivity contribution is 5.91. The van der Waals surface area contributed by atoms with Gasteiger partial charge in [0.1, 0.15) is 11.5 Å². The molecule has 0 aliphatic heterocycles. The van der Waals surface area contributed by atoms with Crippen molar-refractivity contribution < 1.29 is 9.21 Å². The Balaban J connectivity index is 1.25. The van der Waals surface area contributed by atoms with E-state index >= 15 is 0 Å². The summed E-state index contributed by atoms with van der Waals surface area (Å²) in [5, 5.41) is 7.52. The number of amides is 1. The lowest BCUT2D eigenvalue weighted by Crippen LogP contribution is -2.32. The number of nitrogens with zero attached hydrogens (tertiary/aromatic N) is 5. The summed E-state index contributed by atoms with van der Waals surface area (Å²) in [4.78, 5) is 26.6. The molecule has 0 radical (unpaired) electrons. The molecule has 8 heteroatoms. The van der Waals surface area contributed by atoms with E-state index in [1.807, 2.05) is 12.3 Å². The van der Waals surface area contributed by atoms with Crippen LogP contribution in [0.15, 0.2) is 22.7 Å². The number of nitrogens with one attached hydrogen (secondary N) is 1. The summed E-state index contributed by atoms with van der Waals surface area (Å²) in [6, 6.07) is 3.85. The van der Waals surface area contributed by atoms with Crippen LogP contribution in [0.4, 0.5) is 0 Å². The molecule has 3 heterocycles. The van der Waals surface area contributed by atoms with Gasteiger partial charge < -0.3 is 9.73 Å². The third kappa shape index (κ3) is 3.20. The number of aromatic nitrogens is 5. The lowest BCUT2D eigenvalue weighted by Gasteiger charge is -2.20. The molecule has 1 atom stereocenters. The zero-order valence-corrected chi connectivity index (χ0v) is 17.0. The highest BCUT2D eigenvalue weighted by Gasteiger charge is 2.32. The number of carbonyl (C=O) groups is 1. The summed E-state index contributed by atoms with van der Waals surface area (Å²) in [6.45, 7) is 0. The summed E-state index contributed by atoms with van der Waals surface area (Å²) < 4.78 is 7.69. The lowest BCUT2D eigenvalue weighted by molar-refractivity contribution is 0.0916. The van der Waals surface area contributed by atoms with E-state index in [-0.39, 0.29) is 11.9 Å². The van der Waals surface area contributed by atoms with Crippen molar-refractivity contribution >= 4 is 5.91 Å². The van der Waals surface area contributed by atoms with Crippen LogP contribution in [0.5, 0.6) is 0 Å².